The van der Waals surface area contributed by atoms with Gasteiger partial charge < -0.3 is 20.7 Å². The number of likely N-dealkylation sites (tertiary alicyclic amines) is 1. The maximum Gasteiger partial charge on any atom is 0.416 e. The fourth-order valence-electron chi connectivity index (χ4n) is 4.59. The molecule has 2 saturated heterocycles. The number of carbonyl (C=O) groups is 1. The summed E-state index contributed by atoms with van der Waals surface area (Å²) in [5.41, 5.74) is 5.61. The lowest BCUT2D eigenvalue weighted by Crippen LogP contribution is -2.46. The van der Waals surface area contributed by atoms with E-state index in [0.29, 0.717) is 37.5 Å². The molecular formula is C23H28F4N6O. The predicted octanol–water partition coefficient (Wildman–Crippen LogP) is 3.24. The van der Waals surface area contributed by atoms with Crippen LogP contribution in [0.5, 0.6) is 0 Å². The Balaban J connectivity index is 1.37. The van der Waals surface area contributed by atoms with Crippen molar-refractivity contribution in [3.05, 3.63) is 47.5 Å². The van der Waals surface area contributed by atoms with Crippen LogP contribution in [0.1, 0.15) is 36.4 Å². The minimum absolute atomic E-state index is 0.109. The van der Waals surface area contributed by atoms with Crippen LogP contribution in [-0.4, -0.2) is 59.9 Å². The summed E-state index contributed by atoms with van der Waals surface area (Å²) in [4.78, 5) is 23.1. The highest BCUT2D eigenvalue weighted by Crippen LogP contribution is 2.39. The largest absolute Gasteiger partial charge is 0.416 e. The number of anilines is 2. The summed E-state index contributed by atoms with van der Waals surface area (Å²) in [6.07, 6.45) is 0.193. The second kappa shape index (κ2) is 10.2. The van der Waals surface area contributed by atoms with Crippen molar-refractivity contribution >= 4 is 17.9 Å². The molecule has 0 spiro atoms. The third-order valence-corrected chi connectivity index (χ3v) is 6.76. The van der Waals surface area contributed by atoms with Crippen LogP contribution in [0.3, 0.4) is 0 Å². The highest BCUT2D eigenvalue weighted by atomic mass is 19.4. The second-order valence-electron chi connectivity index (χ2n) is 8.78. The number of carbonyl (C=O) groups excluding carboxylic acids is 1. The second-order valence-corrected chi connectivity index (χ2v) is 8.78. The summed E-state index contributed by atoms with van der Waals surface area (Å²) >= 11 is 0. The van der Waals surface area contributed by atoms with Crippen LogP contribution in [0.4, 0.5) is 29.2 Å². The number of alkyl halides is 3. The lowest BCUT2D eigenvalue weighted by molar-refractivity contribution is -0.137. The van der Waals surface area contributed by atoms with Crippen molar-refractivity contribution < 1.29 is 22.4 Å². The normalized spacial score (nSPS) is 20.6. The van der Waals surface area contributed by atoms with Gasteiger partial charge in [-0.2, -0.15) is 17.6 Å². The van der Waals surface area contributed by atoms with Gasteiger partial charge in [0.25, 0.3) is 0 Å². The molecule has 7 nitrogen and oxygen atoms in total. The van der Waals surface area contributed by atoms with Crippen molar-refractivity contribution in [2.75, 3.05) is 42.9 Å². The third kappa shape index (κ3) is 5.15. The number of benzene rings is 1. The standard InChI is InChI=1S/C23H28F4N6O/c24-20-21(29-12-15-5-8-32(9-6-15)18(11-28)13-34)30-14-31-22(20)33-10-7-19(33)16-1-3-17(4-2-16)23(25,26)27/h1-4,13-15,18-19H,5-12,28H2,(H,29,30,31). The smallest absolute Gasteiger partial charge is 0.367 e. The number of aromatic nitrogens is 2. The Hall–Kier alpha value is -2.79. The van der Waals surface area contributed by atoms with Crippen molar-refractivity contribution in [3.63, 3.8) is 0 Å². The van der Waals surface area contributed by atoms with E-state index in [-0.39, 0.29) is 23.7 Å². The molecule has 0 radical (unpaired) electrons. The summed E-state index contributed by atoms with van der Waals surface area (Å²) in [6, 6.07) is 4.47. The number of rotatable bonds is 8. The maximum absolute atomic E-state index is 15.2. The van der Waals surface area contributed by atoms with Crippen molar-refractivity contribution in [1.82, 2.24) is 14.9 Å². The molecule has 2 atom stereocenters. The molecule has 11 heteroatoms. The van der Waals surface area contributed by atoms with E-state index >= 15 is 4.39 Å². The highest BCUT2D eigenvalue weighted by molar-refractivity contribution is 5.58. The molecule has 0 saturated carbocycles. The average Bonchev–Trinajstić information content (AvgIpc) is 2.80. The molecule has 2 aliphatic heterocycles. The summed E-state index contributed by atoms with van der Waals surface area (Å²) in [6.45, 7) is 2.90. The van der Waals surface area contributed by atoms with Gasteiger partial charge in [-0.1, -0.05) is 12.1 Å². The van der Waals surface area contributed by atoms with Crippen LogP contribution in [0.15, 0.2) is 30.6 Å². The highest BCUT2D eigenvalue weighted by Gasteiger charge is 2.35. The maximum atomic E-state index is 15.2. The number of aldehydes is 1. The molecule has 2 aromatic rings. The fourth-order valence-corrected chi connectivity index (χ4v) is 4.59. The van der Waals surface area contributed by atoms with Gasteiger partial charge in [0.15, 0.2) is 11.6 Å². The van der Waals surface area contributed by atoms with Gasteiger partial charge in [0.2, 0.25) is 5.82 Å². The van der Waals surface area contributed by atoms with Gasteiger partial charge >= 0.3 is 6.18 Å². The lowest BCUT2D eigenvalue weighted by atomic mass is 9.94. The summed E-state index contributed by atoms with van der Waals surface area (Å²) < 4.78 is 53.8. The molecule has 2 fully saturated rings. The number of hydrogen-bond donors (Lipinski definition) is 2. The Bertz CT molecular complexity index is 978. The molecule has 1 aromatic carbocycles. The van der Waals surface area contributed by atoms with E-state index in [1.165, 1.54) is 18.5 Å². The minimum Gasteiger partial charge on any atom is -0.367 e. The summed E-state index contributed by atoms with van der Waals surface area (Å²) in [7, 11) is 0. The quantitative estimate of drug-likeness (QED) is 0.443. The molecule has 3 N–H and O–H groups in total. The molecule has 4 rings (SSSR count). The van der Waals surface area contributed by atoms with Gasteiger partial charge in [-0.05, 0) is 56.0 Å². The molecule has 34 heavy (non-hydrogen) atoms. The number of piperidine rings is 1. The molecule has 2 unspecified atom stereocenters. The van der Waals surface area contributed by atoms with Crippen LogP contribution in [-0.2, 0) is 11.0 Å². The van der Waals surface area contributed by atoms with E-state index in [0.717, 1.165) is 44.4 Å². The first kappa shape index (κ1) is 24.3. The Labute approximate surface area is 195 Å². The van der Waals surface area contributed by atoms with Gasteiger partial charge in [-0.25, -0.2) is 9.97 Å². The van der Waals surface area contributed by atoms with Crippen LogP contribution >= 0.6 is 0 Å². The first-order valence-corrected chi connectivity index (χ1v) is 11.4. The van der Waals surface area contributed by atoms with Crippen molar-refractivity contribution in [3.8, 4) is 0 Å². The lowest BCUT2D eigenvalue weighted by Gasteiger charge is -2.42. The average molecular weight is 481 g/mol. The van der Waals surface area contributed by atoms with Gasteiger partial charge in [-0.3, -0.25) is 4.90 Å². The molecule has 0 bridgehead atoms. The third-order valence-electron chi connectivity index (χ3n) is 6.76. The zero-order valence-electron chi connectivity index (χ0n) is 18.6. The van der Waals surface area contributed by atoms with E-state index in [1.807, 2.05) is 0 Å². The summed E-state index contributed by atoms with van der Waals surface area (Å²) in [5, 5.41) is 3.09. The van der Waals surface area contributed by atoms with Gasteiger partial charge in [0, 0.05) is 19.6 Å². The van der Waals surface area contributed by atoms with Gasteiger partial charge in [-0.15, -0.1) is 0 Å². The number of hydrogen-bond acceptors (Lipinski definition) is 7. The van der Waals surface area contributed by atoms with E-state index in [2.05, 4.69) is 20.2 Å². The monoisotopic (exact) mass is 480 g/mol. The Morgan fingerprint density at radius 3 is 2.38 bits per heavy atom. The van der Waals surface area contributed by atoms with E-state index in [9.17, 15) is 18.0 Å². The molecule has 0 aliphatic carbocycles. The predicted molar refractivity (Wildman–Crippen MR) is 120 cm³/mol. The minimum atomic E-state index is -4.39. The first-order valence-electron chi connectivity index (χ1n) is 11.4. The topological polar surface area (TPSA) is 87.4 Å². The molecule has 1 aromatic heterocycles. The number of nitrogens with two attached hydrogens (primary N) is 1. The molecular weight excluding hydrogens is 452 g/mol. The number of nitrogens with zero attached hydrogens (tertiary/aromatic N) is 4. The molecule has 184 valence electrons. The van der Waals surface area contributed by atoms with Crippen LogP contribution in [0, 0.1) is 11.7 Å². The van der Waals surface area contributed by atoms with E-state index in [1.54, 1.807) is 4.90 Å². The number of nitrogens with one attached hydrogen (secondary N) is 1. The van der Waals surface area contributed by atoms with Crippen molar-refractivity contribution in [2.24, 2.45) is 11.7 Å². The first-order chi connectivity index (χ1) is 16.3. The van der Waals surface area contributed by atoms with E-state index in [4.69, 9.17) is 5.73 Å². The number of halogens is 4. The van der Waals surface area contributed by atoms with Crippen LogP contribution in [0.25, 0.3) is 0 Å². The van der Waals surface area contributed by atoms with Gasteiger partial charge in [0.05, 0.1) is 17.6 Å². The molecule has 3 heterocycles. The Morgan fingerprint density at radius 2 is 1.82 bits per heavy atom. The van der Waals surface area contributed by atoms with Crippen molar-refractivity contribution in [2.45, 2.75) is 37.5 Å². The SMILES string of the molecule is NCC(C=O)N1CCC(CNc2ncnc(N3CCC3c3ccc(C(F)(F)F)cc3)c2F)CC1. The zero-order valence-corrected chi connectivity index (χ0v) is 18.6. The van der Waals surface area contributed by atoms with Crippen molar-refractivity contribution in [1.29, 1.82) is 0 Å². The summed E-state index contributed by atoms with van der Waals surface area (Å²) in [5.74, 6) is -0.0118. The Morgan fingerprint density at radius 1 is 1.12 bits per heavy atom. The fraction of sp³-hybridized carbons (Fsp3) is 0.522. The van der Waals surface area contributed by atoms with Crippen LogP contribution in [0.2, 0.25) is 0 Å². The van der Waals surface area contributed by atoms with Crippen LogP contribution < -0.4 is 16.0 Å². The molecule has 0 amide bonds. The molecule has 2 aliphatic rings. The Kier molecular flexibility index (Phi) is 7.32. The van der Waals surface area contributed by atoms with E-state index < -0.39 is 17.6 Å². The zero-order chi connectivity index (χ0) is 24.3. The van der Waals surface area contributed by atoms with Gasteiger partial charge in [0.1, 0.15) is 12.6 Å².